The van der Waals surface area contributed by atoms with Crippen molar-refractivity contribution in [3.05, 3.63) is 28.8 Å². The summed E-state index contributed by atoms with van der Waals surface area (Å²) in [5.41, 5.74) is 0.658. The zero-order valence-electron chi connectivity index (χ0n) is 8.26. The summed E-state index contributed by atoms with van der Waals surface area (Å²) in [5.74, 6) is -1.33. The summed E-state index contributed by atoms with van der Waals surface area (Å²) in [6.45, 7) is 3.16. The summed E-state index contributed by atoms with van der Waals surface area (Å²) in [5, 5.41) is 8.43. The zero-order valence-corrected chi connectivity index (χ0v) is 9.15. The number of carboxylic acid groups (broad SMARTS) is 1. The Morgan fingerprint density at radius 1 is 1.27 bits per heavy atom. The van der Waals surface area contributed by atoms with Crippen LogP contribution in [0.1, 0.15) is 21.5 Å². The van der Waals surface area contributed by atoms with Crippen LogP contribution in [-0.2, 0) is 4.57 Å². The Balaban J connectivity index is 3.62. The van der Waals surface area contributed by atoms with Crippen molar-refractivity contribution in [3.8, 4) is 0 Å². The quantitative estimate of drug-likeness (QED) is 0.653. The number of aromatic carboxylic acids is 1. The van der Waals surface area contributed by atoms with Crippen LogP contribution in [-0.4, -0.2) is 20.9 Å². The molecule has 0 fully saturated rings. The highest BCUT2D eigenvalue weighted by atomic mass is 31.2. The topological polar surface area (TPSA) is 94.8 Å². The molecule has 6 heteroatoms. The monoisotopic (exact) mass is 230 g/mol. The molecular weight excluding hydrogens is 219 g/mol. The first-order valence-corrected chi connectivity index (χ1v) is 5.75. The van der Waals surface area contributed by atoms with Crippen LogP contribution < -0.4 is 5.30 Å². The van der Waals surface area contributed by atoms with Crippen molar-refractivity contribution in [2.75, 3.05) is 0 Å². The Bertz CT molecular complexity index is 460. The van der Waals surface area contributed by atoms with Crippen molar-refractivity contribution in [1.82, 2.24) is 0 Å². The molecule has 0 bridgehead atoms. The van der Waals surface area contributed by atoms with E-state index < -0.39 is 18.9 Å². The molecule has 0 aliphatic heterocycles. The maximum Gasteiger partial charge on any atom is 0.357 e. The predicted molar refractivity (Wildman–Crippen MR) is 54.6 cm³/mol. The van der Waals surface area contributed by atoms with Crippen LogP contribution in [0.5, 0.6) is 0 Å². The van der Waals surface area contributed by atoms with Gasteiger partial charge < -0.3 is 14.9 Å². The molecule has 0 atom stereocenters. The zero-order chi connectivity index (χ0) is 11.8. The van der Waals surface area contributed by atoms with E-state index >= 15 is 0 Å². The third-order valence-corrected chi connectivity index (χ3v) is 2.97. The molecule has 3 N–H and O–H groups in total. The van der Waals surface area contributed by atoms with Crippen LogP contribution >= 0.6 is 7.60 Å². The molecule has 0 heterocycles. The van der Waals surface area contributed by atoms with Gasteiger partial charge in [-0.05, 0) is 31.0 Å². The van der Waals surface area contributed by atoms with E-state index in [1.807, 2.05) is 0 Å². The van der Waals surface area contributed by atoms with Crippen LogP contribution in [0.25, 0.3) is 0 Å². The van der Waals surface area contributed by atoms with Gasteiger partial charge in [-0.1, -0.05) is 6.07 Å². The van der Waals surface area contributed by atoms with Gasteiger partial charge in [0.05, 0.1) is 10.9 Å². The Hall–Kier alpha value is -1.16. The Kier molecular flexibility index (Phi) is 3.00. The summed E-state index contributed by atoms with van der Waals surface area (Å²) < 4.78 is 11.1. The third kappa shape index (κ3) is 2.45. The standard InChI is InChI=1S/C9H11O5P/c1-5-3-6(2)8(9(10)11)7(4-5)15(12,13)14/h3-4H,1-2H3,(H,10,11)(H2,12,13,14). The first-order valence-electron chi connectivity index (χ1n) is 4.14. The lowest BCUT2D eigenvalue weighted by molar-refractivity contribution is 0.0697. The van der Waals surface area contributed by atoms with Crippen molar-refractivity contribution in [3.63, 3.8) is 0 Å². The van der Waals surface area contributed by atoms with Crippen LogP contribution in [0.4, 0.5) is 0 Å². The van der Waals surface area contributed by atoms with E-state index in [-0.39, 0.29) is 5.56 Å². The highest BCUT2D eigenvalue weighted by Gasteiger charge is 2.26. The highest BCUT2D eigenvalue weighted by molar-refractivity contribution is 7.60. The van der Waals surface area contributed by atoms with Crippen LogP contribution in [0, 0.1) is 13.8 Å². The van der Waals surface area contributed by atoms with E-state index in [9.17, 15) is 9.36 Å². The number of rotatable bonds is 2. The summed E-state index contributed by atoms with van der Waals surface area (Å²) in [4.78, 5) is 28.9. The second-order valence-electron chi connectivity index (χ2n) is 3.33. The molecule has 1 aromatic rings. The summed E-state index contributed by atoms with van der Waals surface area (Å²) in [6, 6.07) is 2.78. The molecule has 0 radical (unpaired) electrons. The normalized spacial score (nSPS) is 11.5. The molecule has 0 saturated heterocycles. The van der Waals surface area contributed by atoms with E-state index in [2.05, 4.69) is 0 Å². The molecule has 82 valence electrons. The molecule has 5 nitrogen and oxygen atoms in total. The lowest BCUT2D eigenvalue weighted by Gasteiger charge is -2.11. The van der Waals surface area contributed by atoms with E-state index in [1.54, 1.807) is 13.0 Å². The van der Waals surface area contributed by atoms with Gasteiger partial charge in [-0.25, -0.2) is 4.79 Å². The molecule has 0 aliphatic rings. The van der Waals surface area contributed by atoms with Gasteiger partial charge in [-0.3, -0.25) is 4.57 Å². The molecular formula is C9H11O5P. The molecule has 0 spiro atoms. The summed E-state index contributed by atoms with van der Waals surface area (Å²) in [7, 11) is -4.54. The van der Waals surface area contributed by atoms with Crippen LogP contribution in [0.15, 0.2) is 12.1 Å². The fourth-order valence-electron chi connectivity index (χ4n) is 1.45. The lowest BCUT2D eigenvalue weighted by Crippen LogP contribution is -2.18. The maximum atomic E-state index is 11.1. The fourth-order valence-corrected chi connectivity index (χ4v) is 2.39. The number of aryl methyl sites for hydroxylation is 2. The molecule has 0 saturated carbocycles. The summed E-state index contributed by atoms with van der Waals surface area (Å²) in [6.07, 6.45) is 0. The van der Waals surface area contributed by atoms with Gasteiger partial charge in [0.2, 0.25) is 0 Å². The average Bonchev–Trinajstić information content (AvgIpc) is 1.99. The summed E-state index contributed by atoms with van der Waals surface area (Å²) >= 11 is 0. The Morgan fingerprint density at radius 2 is 1.80 bits per heavy atom. The van der Waals surface area contributed by atoms with Gasteiger partial charge in [0.25, 0.3) is 0 Å². The largest absolute Gasteiger partial charge is 0.478 e. The Morgan fingerprint density at radius 3 is 2.20 bits per heavy atom. The van der Waals surface area contributed by atoms with Gasteiger partial charge in [0.15, 0.2) is 0 Å². The molecule has 0 aliphatic carbocycles. The third-order valence-electron chi connectivity index (χ3n) is 1.99. The second-order valence-corrected chi connectivity index (χ2v) is 4.89. The van der Waals surface area contributed by atoms with Crippen molar-refractivity contribution in [1.29, 1.82) is 0 Å². The van der Waals surface area contributed by atoms with Crippen LogP contribution in [0.2, 0.25) is 0 Å². The van der Waals surface area contributed by atoms with Gasteiger partial charge in [0.1, 0.15) is 0 Å². The highest BCUT2D eigenvalue weighted by Crippen LogP contribution is 2.35. The van der Waals surface area contributed by atoms with Gasteiger partial charge >= 0.3 is 13.6 Å². The lowest BCUT2D eigenvalue weighted by atomic mass is 10.1. The van der Waals surface area contributed by atoms with E-state index in [0.717, 1.165) is 0 Å². The number of benzene rings is 1. The van der Waals surface area contributed by atoms with Crippen molar-refractivity contribution in [2.24, 2.45) is 0 Å². The second kappa shape index (κ2) is 3.77. The maximum absolute atomic E-state index is 11.1. The number of carbonyl (C=O) groups is 1. The van der Waals surface area contributed by atoms with E-state index in [0.29, 0.717) is 11.1 Å². The first kappa shape index (κ1) is 11.9. The first-order chi connectivity index (χ1) is 6.73. The fraction of sp³-hybridized carbons (Fsp3) is 0.222. The molecule has 0 unspecified atom stereocenters. The molecule has 1 rings (SSSR count). The van der Waals surface area contributed by atoms with Crippen molar-refractivity contribution in [2.45, 2.75) is 13.8 Å². The number of hydrogen-bond donors (Lipinski definition) is 3. The van der Waals surface area contributed by atoms with Crippen molar-refractivity contribution >= 4 is 18.9 Å². The SMILES string of the molecule is Cc1cc(C)c(C(=O)O)c(P(=O)(O)O)c1. The van der Waals surface area contributed by atoms with Gasteiger partial charge in [-0.2, -0.15) is 0 Å². The number of hydrogen-bond acceptors (Lipinski definition) is 2. The molecule has 0 aromatic heterocycles. The molecule has 15 heavy (non-hydrogen) atoms. The number of carboxylic acids is 1. The van der Waals surface area contributed by atoms with Gasteiger partial charge in [-0.15, -0.1) is 0 Å². The predicted octanol–water partition coefficient (Wildman–Crippen LogP) is 0.805. The van der Waals surface area contributed by atoms with E-state index in [4.69, 9.17) is 14.9 Å². The minimum absolute atomic E-state index is 0.311. The minimum atomic E-state index is -4.54. The minimum Gasteiger partial charge on any atom is -0.478 e. The molecule has 0 amide bonds. The van der Waals surface area contributed by atoms with Gasteiger partial charge in [0, 0.05) is 0 Å². The smallest absolute Gasteiger partial charge is 0.357 e. The Labute approximate surface area is 86.5 Å². The van der Waals surface area contributed by atoms with E-state index in [1.165, 1.54) is 13.0 Å². The van der Waals surface area contributed by atoms with Crippen LogP contribution in [0.3, 0.4) is 0 Å². The molecule has 1 aromatic carbocycles. The van der Waals surface area contributed by atoms with Crippen molar-refractivity contribution < 1.29 is 24.3 Å². The average molecular weight is 230 g/mol.